The van der Waals surface area contributed by atoms with Crippen molar-refractivity contribution in [3.8, 4) is 0 Å². The molecular formula is C11H12FNO2. The van der Waals surface area contributed by atoms with Crippen molar-refractivity contribution < 1.29 is 14.0 Å². The molecule has 0 aliphatic carbocycles. The quantitative estimate of drug-likeness (QED) is 0.551. The first-order valence-corrected chi connectivity index (χ1v) is 4.80. The monoisotopic (exact) mass is 209 g/mol. The van der Waals surface area contributed by atoms with E-state index in [1.165, 1.54) is 6.07 Å². The Morgan fingerprint density at radius 3 is 2.67 bits per heavy atom. The second-order valence-corrected chi connectivity index (χ2v) is 3.25. The molecule has 3 nitrogen and oxygen atoms in total. The summed E-state index contributed by atoms with van der Waals surface area (Å²) in [6.45, 7) is 1.87. The smallest absolute Gasteiger partial charge is 0.188 e. The Morgan fingerprint density at radius 2 is 2.13 bits per heavy atom. The van der Waals surface area contributed by atoms with Crippen LogP contribution in [0.1, 0.15) is 36.7 Å². The molecule has 15 heavy (non-hydrogen) atoms. The topological polar surface area (TPSA) is 47.0 Å². The third-order valence-electron chi connectivity index (χ3n) is 1.90. The van der Waals surface area contributed by atoms with Gasteiger partial charge in [0.05, 0.1) is 12.6 Å². The van der Waals surface area contributed by atoms with Crippen LogP contribution in [0.4, 0.5) is 4.39 Å². The van der Waals surface area contributed by atoms with Crippen molar-refractivity contribution in [2.24, 2.45) is 0 Å². The summed E-state index contributed by atoms with van der Waals surface area (Å²) in [5, 5.41) is 0. The molecule has 1 heterocycles. The van der Waals surface area contributed by atoms with Crippen LogP contribution in [0.2, 0.25) is 0 Å². The SMILES string of the molecule is CCCC(=O)CC(=O)c1ccc(F)cn1. The zero-order valence-electron chi connectivity index (χ0n) is 8.50. The minimum absolute atomic E-state index is 0.103. The van der Waals surface area contributed by atoms with Crippen molar-refractivity contribution >= 4 is 11.6 Å². The van der Waals surface area contributed by atoms with Gasteiger partial charge in [0.15, 0.2) is 5.78 Å². The summed E-state index contributed by atoms with van der Waals surface area (Å²) in [5.41, 5.74) is 0.140. The first-order valence-electron chi connectivity index (χ1n) is 4.80. The molecule has 4 heteroatoms. The molecule has 0 N–H and O–H groups in total. The molecule has 0 unspecified atom stereocenters. The van der Waals surface area contributed by atoms with E-state index in [0.717, 1.165) is 18.7 Å². The number of rotatable bonds is 5. The summed E-state index contributed by atoms with van der Waals surface area (Å²) in [6.07, 6.45) is 1.94. The van der Waals surface area contributed by atoms with Crippen LogP contribution < -0.4 is 0 Å². The van der Waals surface area contributed by atoms with E-state index in [-0.39, 0.29) is 23.7 Å². The first-order chi connectivity index (χ1) is 7.13. The lowest BCUT2D eigenvalue weighted by molar-refractivity contribution is -0.118. The number of nitrogens with zero attached hydrogens (tertiary/aromatic N) is 1. The van der Waals surface area contributed by atoms with E-state index >= 15 is 0 Å². The Kier molecular flexibility index (Phi) is 4.09. The number of carbonyl (C=O) groups excluding carboxylic acids is 2. The maximum Gasteiger partial charge on any atom is 0.188 e. The molecular weight excluding hydrogens is 197 g/mol. The summed E-state index contributed by atoms with van der Waals surface area (Å²) >= 11 is 0. The fraction of sp³-hybridized carbons (Fsp3) is 0.364. The predicted molar refractivity (Wildman–Crippen MR) is 53.1 cm³/mol. The van der Waals surface area contributed by atoms with Gasteiger partial charge in [-0.2, -0.15) is 0 Å². The lowest BCUT2D eigenvalue weighted by Gasteiger charge is -1.98. The Morgan fingerprint density at radius 1 is 1.40 bits per heavy atom. The minimum Gasteiger partial charge on any atom is -0.299 e. The average molecular weight is 209 g/mol. The molecule has 0 aliphatic heterocycles. The number of Topliss-reactive ketones (excluding diaryl/α,β-unsaturated/α-hetero) is 2. The van der Waals surface area contributed by atoms with Gasteiger partial charge in [-0.15, -0.1) is 0 Å². The highest BCUT2D eigenvalue weighted by Gasteiger charge is 2.12. The molecule has 0 saturated carbocycles. The van der Waals surface area contributed by atoms with E-state index in [2.05, 4.69) is 4.98 Å². The Balaban J connectivity index is 2.61. The summed E-state index contributed by atoms with van der Waals surface area (Å²) in [6, 6.07) is 2.45. The van der Waals surface area contributed by atoms with E-state index < -0.39 is 5.82 Å². The Hall–Kier alpha value is -1.58. The van der Waals surface area contributed by atoms with Crippen molar-refractivity contribution in [1.29, 1.82) is 0 Å². The highest BCUT2D eigenvalue weighted by atomic mass is 19.1. The van der Waals surface area contributed by atoms with E-state index in [1.807, 2.05) is 6.92 Å². The van der Waals surface area contributed by atoms with Crippen LogP contribution in [-0.4, -0.2) is 16.6 Å². The molecule has 0 spiro atoms. The number of aromatic nitrogens is 1. The summed E-state index contributed by atoms with van der Waals surface area (Å²) < 4.78 is 12.5. The van der Waals surface area contributed by atoms with Gasteiger partial charge in [-0.05, 0) is 18.6 Å². The van der Waals surface area contributed by atoms with Crippen LogP contribution in [0, 0.1) is 5.82 Å². The fourth-order valence-electron chi connectivity index (χ4n) is 1.18. The summed E-state index contributed by atoms with van der Waals surface area (Å²) in [5.74, 6) is -0.950. The van der Waals surface area contributed by atoms with Gasteiger partial charge >= 0.3 is 0 Å². The molecule has 1 aromatic heterocycles. The minimum atomic E-state index is -0.494. The maximum absolute atomic E-state index is 12.5. The molecule has 0 aromatic carbocycles. The van der Waals surface area contributed by atoms with Crippen LogP contribution >= 0.6 is 0 Å². The Bertz CT molecular complexity index is 359. The number of carbonyl (C=O) groups is 2. The summed E-state index contributed by atoms with van der Waals surface area (Å²) in [7, 11) is 0. The van der Waals surface area contributed by atoms with Gasteiger partial charge in [0.1, 0.15) is 17.3 Å². The number of hydrogen-bond acceptors (Lipinski definition) is 3. The maximum atomic E-state index is 12.5. The second kappa shape index (κ2) is 5.34. The van der Waals surface area contributed by atoms with Crippen LogP contribution in [0.5, 0.6) is 0 Å². The van der Waals surface area contributed by atoms with Crippen molar-refractivity contribution in [3.05, 3.63) is 29.8 Å². The molecule has 0 fully saturated rings. The van der Waals surface area contributed by atoms with Gasteiger partial charge in [-0.1, -0.05) is 6.92 Å². The van der Waals surface area contributed by atoms with Crippen molar-refractivity contribution in [2.75, 3.05) is 0 Å². The Labute approximate surface area is 87.3 Å². The largest absolute Gasteiger partial charge is 0.299 e. The first kappa shape index (κ1) is 11.5. The molecule has 0 aliphatic rings. The second-order valence-electron chi connectivity index (χ2n) is 3.25. The van der Waals surface area contributed by atoms with Gasteiger partial charge in [0.2, 0.25) is 0 Å². The number of halogens is 1. The van der Waals surface area contributed by atoms with Crippen LogP contribution in [0.25, 0.3) is 0 Å². The molecule has 0 radical (unpaired) electrons. The highest BCUT2D eigenvalue weighted by Crippen LogP contribution is 2.04. The molecule has 0 bridgehead atoms. The van der Waals surface area contributed by atoms with Crippen LogP contribution in [-0.2, 0) is 4.79 Å². The van der Waals surface area contributed by atoms with E-state index in [0.29, 0.717) is 6.42 Å². The van der Waals surface area contributed by atoms with Gasteiger partial charge in [-0.25, -0.2) is 4.39 Å². The van der Waals surface area contributed by atoms with Crippen molar-refractivity contribution in [3.63, 3.8) is 0 Å². The van der Waals surface area contributed by atoms with Gasteiger partial charge < -0.3 is 0 Å². The summed E-state index contributed by atoms with van der Waals surface area (Å²) in [4.78, 5) is 26.2. The number of pyridine rings is 1. The zero-order valence-corrected chi connectivity index (χ0v) is 8.50. The lowest BCUT2D eigenvalue weighted by atomic mass is 10.1. The molecule has 1 rings (SSSR count). The van der Waals surface area contributed by atoms with Gasteiger partial charge in [0, 0.05) is 6.42 Å². The molecule has 0 amide bonds. The van der Waals surface area contributed by atoms with E-state index in [1.54, 1.807) is 0 Å². The van der Waals surface area contributed by atoms with Crippen LogP contribution in [0.3, 0.4) is 0 Å². The molecule has 1 aromatic rings. The normalized spacial score (nSPS) is 10.0. The van der Waals surface area contributed by atoms with Crippen molar-refractivity contribution in [1.82, 2.24) is 4.98 Å². The number of ketones is 2. The lowest BCUT2D eigenvalue weighted by Crippen LogP contribution is -2.09. The van der Waals surface area contributed by atoms with E-state index in [4.69, 9.17) is 0 Å². The third kappa shape index (κ3) is 3.58. The predicted octanol–water partition coefficient (Wildman–Crippen LogP) is 2.16. The molecule has 80 valence electrons. The highest BCUT2D eigenvalue weighted by molar-refractivity contribution is 6.06. The van der Waals surface area contributed by atoms with E-state index in [9.17, 15) is 14.0 Å². The zero-order chi connectivity index (χ0) is 11.3. The standard InChI is InChI=1S/C11H12FNO2/c1-2-3-9(14)6-11(15)10-5-4-8(12)7-13-10/h4-5,7H,2-3,6H2,1H3. The fourth-order valence-corrected chi connectivity index (χ4v) is 1.18. The third-order valence-corrected chi connectivity index (χ3v) is 1.90. The van der Waals surface area contributed by atoms with Gasteiger partial charge in [0.25, 0.3) is 0 Å². The van der Waals surface area contributed by atoms with Gasteiger partial charge in [-0.3, -0.25) is 14.6 Å². The number of hydrogen-bond donors (Lipinski definition) is 0. The van der Waals surface area contributed by atoms with Crippen molar-refractivity contribution in [2.45, 2.75) is 26.2 Å². The molecule has 0 saturated heterocycles. The average Bonchev–Trinajstić information content (AvgIpc) is 2.18. The molecule has 0 atom stereocenters. The van der Waals surface area contributed by atoms with Crippen LogP contribution in [0.15, 0.2) is 18.3 Å².